The molecular weight excluding hydrogens is 302 g/mol. The van der Waals surface area contributed by atoms with Gasteiger partial charge in [0.1, 0.15) is 6.54 Å². The zero-order chi connectivity index (χ0) is 16.6. The lowest BCUT2D eigenvalue weighted by atomic mass is 10.1. The van der Waals surface area contributed by atoms with Crippen LogP contribution >= 0.6 is 0 Å². The van der Waals surface area contributed by atoms with Crippen molar-refractivity contribution in [3.8, 4) is 0 Å². The second-order valence-corrected chi connectivity index (χ2v) is 5.53. The number of benzene rings is 1. The third kappa shape index (κ3) is 2.75. The molecule has 8 heteroatoms. The molecule has 2 N–H and O–H groups in total. The van der Waals surface area contributed by atoms with Crippen LogP contribution in [0.3, 0.4) is 0 Å². The molecule has 3 rings (SSSR count). The third-order valence-electron chi connectivity index (χ3n) is 4.07. The van der Waals surface area contributed by atoms with Gasteiger partial charge in [0.05, 0.1) is 16.8 Å². The highest BCUT2D eigenvalue weighted by Gasteiger charge is 2.31. The molecule has 1 saturated heterocycles. The normalized spacial score (nSPS) is 17.6. The number of hydrogen-bond donors (Lipinski definition) is 2. The molecule has 1 aromatic carbocycles. The fraction of sp³-hybridized carbons (Fsp3) is 0.333. The number of aromatic nitrogens is 2. The minimum atomic E-state index is -0.944. The van der Waals surface area contributed by atoms with Gasteiger partial charge < -0.3 is 15.0 Å². The number of para-hydroxylation sites is 1. The number of H-pyrrole nitrogens is 1. The summed E-state index contributed by atoms with van der Waals surface area (Å²) in [5.41, 5.74) is -0.777. The molecule has 0 bridgehead atoms. The van der Waals surface area contributed by atoms with E-state index in [0.29, 0.717) is 23.9 Å². The Kier molecular flexibility index (Phi) is 3.73. The summed E-state index contributed by atoms with van der Waals surface area (Å²) in [6.45, 7) is 0.0236. The van der Waals surface area contributed by atoms with E-state index in [4.69, 9.17) is 5.11 Å². The van der Waals surface area contributed by atoms with Crippen molar-refractivity contribution in [2.24, 2.45) is 5.92 Å². The average molecular weight is 317 g/mol. The SMILES string of the molecule is O=C(O)[C@@H]1CCN(C(=O)Cn2c(=O)[nH]c3ccccc3c2=O)C1. The number of carboxylic acid groups (broad SMARTS) is 1. The van der Waals surface area contributed by atoms with E-state index in [1.807, 2.05) is 0 Å². The number of aromatic amines is 1. The van der Waals surface area contributed by atoms with Gasteiger partial charge in [0.15, 0.2) is 0 Å². The predicted molar refractivity (Wildman–Crippen MR) is 81.2 cm³/mol. The Bertz CT molecular complexity index is 898. The van der Waals surface area contributed by atoms with Crippen LogP contribution in [0.1, 0.15) is 6.42 Å². The number of carbonyl (C=O) groups excluding carboxylic acids is 1. The molecule has 0 spiro atoms. The van der Waals surface area contributed by atoms with E-state index < -0.39 is 35.6 Å². The number of hydrogen-bond acceptors (Lipinski definition) is 4. The molecular formula is C15H15N3O5. The number of amides is 1. The standard InChI is InChI=1S/C15H15N3O5/c19-12(17-6-5-9(7-17)14(21)22)8-18-13(20)10-3-1-2-4-11(10)16-15(18)23/h1-4,9H,5-8H2,(H,16,23)(H,21,22)/t9-/m1/s1. The first kappa shape index (κ1) is 15.0. The number of nitrogens with one attached hydrogen (secondary N) is 1. The van der Waals surface area contributed by atoms with Crippen molar-refractivity contribution in [3.05, 3.63) is 45.1 Å². The van der Waals surface area contributed by atoms with E-state index >= 15 is 0 Å². The van der Waals surface area contributed by atoms with Crippen molar-refractivity contribution >= 4 is 22.8 Å². The molecule has 1 aliphatic rings. The van der Waals surface area contributed by atoms with Gasteiger partial charge in [-0.05, 0) is 18.6 Å². The molecule has 1 atom stereocenters. The van der Waals surface area contributed by atoms with Crippen molar-refractivity contribution in [2.45, 2.75) is 13.0 Å². The topological polar surface area (TPSA) is 112 Å². The molecule has 23 heavy (non-hydrogen) atoms. The molecule has 120 valence electrons. The maximum Gasteiger partial charge on any atom is 0.329 e. The minimum absolute atomic E-state index is 0.106. The van der Waals surface area contributed by atoms with Gasteiger partial charge in [0.2, 0.25) is 5.91 Å². The van der Waals surface area contributed by atoms with Crippen LogP contribution in [0.4, 0.5) is 0 Å². The van der Waals surface area contributed by atoms with Crippen LogP contribution in [-0.4, -0.2) is 44.5 Å². The number of carbonyl (C=O) groups is 2. The number of carboxylic acids is 1. The van der Waals surface area contributed by atoms with E-state index in [2.05, 4.69) is 4.98 Å². The number of fused-ring (bicyclic) bond motifs is 1. The van der Waals surface area contributed by atoms with Crippen molar-refractivity contribution < 1.29 is 14.7 Å². The molecule has 2 aromatic rings. The van der Waals surface area contributed by atoms with E-state index in [9.17, 15) is 19.2 Å². The van der Waals surface area contributed by atoms with Gasteiger partial charge in [-0.3, -0.25) is 19.0 Å². The number of aliphatic carboxylic acids is 1. The highest BCUT2D eigenvalue weighted by molar-refractivity contribution is 5.80. The van der Waals surface area contributed by atoms with E-state index in [1.165, 1.54) is 4.90 Å². The Morgan fingerprint density at radius 3 is 2.70 bits per heavy atom. The zero-order valence-electron chi connectivity index (χ0n) is 12.2. The average Bonchev–Trinajstić information content (AvgIpc) is 3.01. The number of likely N-dealkylation sites (tertiary alicyclic amines) is 1. The lowest BCUT2D eigenvalue weighted by Gasteiger charge is -2.16. The summed E-state index contributed by atoms with van der Waals surface area (Å²) in [6, 6.07) is 6.56. The van der Waals surface area contributed by atoms with Gasteiger partial charge in [-0.1, -0.05) is 12.1 Å². The van der Waals surface area contributed by atoms with Crippen molar-refractivity contribution in [1.82, 2.24) is 14.5 Å². The van der Waals surface area contributed by atoms with Crippen molar-refractivity contribution in [2.75, 3.05) is 13.1 Å². The second-order valence-electron chi connectivity index (χ2n) is 5.53. The summed E-state index contributed by atoms with van der Waals surface area (Å²) in [5, 5.41) is 9.28. The fourth-order valence-corrected chi connectivity index (χ4v) is 2.77. The summed E-state index contributed by atoms with van der Waals surface area (Å²) in [7, 11) is 0. The predicted octanol–water partition coefficient (Wildman–Crippen LogP) is -0.377. The highest BCUT2D eigenvalue weighted by atomic mass is 16.4. The largest absolute Gasteiger partial charge is 0.481 e. The molecule has 1 aromatic heterocycles. The van der Waals surface area contributed by atoms with Crippen LogP contribution in [0.25, 0.3) is 10.9 Å². The Hall–Kier alpha value is -2.90. The van der Waals surface area contributed by atoms with E-state index in [-0.39, 0.29) is 6.54 Å². The number of nitrogens with zero attached hydrogens (tertiary/aromatic N) is 2. The molecule has 0 radical (unpaired) electrons. The first-order valence-corrected chi connectivity index (χ1v) is 7.20. The lowest BCUT2D eigenvalue weighted by molar-refractivity contribution is -0.141. The van der Waals surface area contributed by atoms with Crippen LogP contribution in [0.15, 0.2) is 33.9 Å². The maximum atomic E-state index is 12.4. The zero-order valence-corrected chi connectivity index (χ0v) is 12.2. The van der Waals surface area contributed by atoms with E-state index in [1.54, 1.807) is 24.3 Å². The van der Waals surface area contributed by atoms with Crippen molar-refractivity contribution in [3.63, 3.8) is 0 Å². The highest BCUT2D eigenvalue weighted by Crippen LogP contribution is 2.16. The third-order valence-corrected chi connectivity index (χ3v) is 4.07. The maximum absolute atomic E-state index is 12.4. The Balaban J connectivity index is 1.87. The summed E-state index contributed by atoms with van der Waals surface area (Å²) in [6.07, 6.45) is 0.379. The van der Waals surface area contributed by atoms with Crippen LogP contribution in [0.5, 0.6) is 0 Å². The molecule has 0 aliphatic carbocycles. The fourth-order valence-electron chi connectivity index (χ4n) is 2.77. The van der Waals surface area contributed by atoms with Crippen LogP contribution in [-0.2, 0) is 16.1 Å². The summed E-state index contributed by atoms with van der Waals surface area (Å²) in [4.78, 5) is 51.5. The lowest BCUT2D eigenvalue weighted by Crippen LogP contribution is -2.41. The van der Waals surface area contributed by atoms with Gasteiger partial charge in [-0.15, -0.1) is 0 Å². The summed E-state index contributed by atoms with van der Waals surface area (Å²) >= 11 is 0. The molecule has 0 saturated carbocycles. The first-order chi connectivity index (χ1) is 11.0. The Morgan fingerprint density at radius 2 is 2.00 bits per heavy atom. The molecule has 1 fully saturated rings. The van der Waals surface area contributed by atoms with Gasteiger partial charge in [0.25, 0.3) is 5.56 Å². The molecule has 0 unspecified atom stereocenters. The molecule has 8 nitrogen and oxygen atoms in total. The summed E-state index contributed by atoms with van der Waals surface area (Å²) < 4.78 is 0.846. The molecule has 2 heterocycles. The second kappa shape index (κ2) is 5.71. The smallest absolute Gasteiger partial charge is 0.329 e. The first-order valence-electron chi connectivity index (χ1n) is 7.20. The monoisotopic (exact) mass is 317 g/mol. The quantitative estimate of drug-likeness (QED) is 0.801. The minimum Gasteiger partial charge on any atom is -0.481 e. The van der Waals surface area contributed by atoms with E-state index in [0.717, 1.165) is 4.57 Å². The number of rotatable bonds is 3. The van der Waals surface area contributed by atoms with Crippen molar-refractivity contribution in [1.29, 1.82) is 0 Å². The Morgan fingerprint density at radius 1 is 1.26 bits per heavy atom. The Labute approximate surface area is 130 Å². The van der Waals surface area contributed by atoms with Gasteiger partial charge in [0, 0.05) is 13.1 Å². The summed E-state index contributed by atoms with van der Waals surface area (Å²) in [5.74, 6) is -1.97. The van der Waals surface area contributed by atoms with Gasteiger partial charge in [-0.2, -0.15) is 0 Å². The molecule has 1 amide bonds. The van der Waals surface area contributed by atoms with Crippen LogP contribution in [0, 0.1) is 5.92 Å². The van der Waals surface area contributed by atoms with Gasteiger partial charge >= 0.3 is 11.7 Å². The van der Waals surface area contributed by atoms with Crippen LogP contribution < -0.4 is 11.2 Å². The van der Waals surface area contributed by atoms with Crippen LogP contribution in [0.2, 0.25) is 0 Å². The van der Waals surface area contributed by atoms with Gasteiger partial charge in [-0.25, -0.2) is 4.79 Å². The molecule has 1 aliphatic heterocycles.